The molecule has 0 saturated heterocycles. The minimum atomic E-state index is -0.411. The number of thioether (sulfide) groups is 3. The molecule has 0 fully saturated rings. The number of nitrogens with zero attached hydrogens (tertiary/aromatic N) is 5. The Labute approximate surface area is 616 Å². The summed E-state index contributed by atoms with van der Waals surface area (Å²) in [5, 5.41) is 2.93. The van der Waals surface area contributed by atoms with E-state index in [2.05, 4.69) is 120 Å². The van der Waals surface area contributed by atoms with Crippen LogP contribution in [0, 0.1) is 0 Å². The van der Waals surface area contributed by atoms with E-state index in [1.54, 1.807) is 55.6 Å². The molecule has 8 aromatic carbocycles. The predicted octanol–water partition coefficient (Wildman–Crippen LogP) is 19.9. The Morgan fingerprint density at radius 2 is 1.04 bits per heavy atom. The molecule has 0 atom stereocenters. The topological polar surface area (TPSA) is 199 Å². The Bertz CT molecular complexity index is 4670. The normalized spacial score (nSPS) is 11.5. The van der Waals surface area contributed by atoms with Gasteiger partial charge in [-0.2, -0.15) is 0 Å². The fourth-order valence-electron chi connectivity index (χ4n) is 10.3. The fraction of sp³-hybridized carbons (Fsp3) is 0.190. The zero-order valence-corrected chi connectivity index (χ0v) is 61.1. The fourth-order valence-corrected chi connectivity index (χ4v) is 14.0. The number of pyridine rings is 1. The lowest BCUT2D eigenvalue weighted by Gasteiger charge is -2.15. The lowest BCUT2D eigenvalue weighted by Crippen LogP contribution is -2.16. The molecule has 0 spiro atoms. The van der Waals surface area contributed by atoms with Crippen molar-refractivity contribution in [2.24, 2.45) is 9.98 Å². The molecule has 3 aromatic heterocycles. The molecule has 11 aromatic rings. The van der Waals surface area contributed by atoms with Crippen molar-refractivity contribution in [1.29, 1.82) is 0 Å². The first kappa shape index (κ1) is 76.6. The molecule has 103 heavy (non-hydrogen) atoms. The molecular formula is C84H79N5O10S4. The van der Waals surface area contributed by atoms with E-state index in [9.17, 15) is 28.8 Å². The molecule has 0 unspecified atom stereocenters. The van der Waals surface area contributed by atoms with Crippen molar-refractivity contribution in [1.82, 2.24) is 14.5 Å². The molecule has 524 valence electrons. The molecule has 5 heterocycles. The van der Waals surface area contributed by atoms with Crippen molar-refractivity contribution in [3.8, 4) is 0 Å². The molecule has 0 radical (unpaired) electrons. The number of rotatable bonds is 24. The van der Waals surface area contributed by atoms with Gasteiger partial charge in [0.25, 0.3) is 5.22 Å². The van der Waals surface area contributed by atoms with Gasteiger partial charge in [0.1, 0.15) is 17.9 Å². The quantitative estimate of drug-likeness (QED) is 0.0138. The largest absolute Gasteiger partial charge is 0.462 e. The van der Waals surface area contributed by atoms with Gasteiger partial charge in [0.2, 0.25) is 0 Å². The van der Waals surface area contributed by atoms with E-state index in [0.29, 0.717) is 71.4 Å². The second-order valence-corrected chi connectivity index (χ2v) is 28.1. The molecule has 2 aliphatic heterocycles. The third kappa shape index (κ3) is 23.2. The average molecular weight is 1450 g/mol. The number of ether oxygens (including phenoxy) is 3. The number of fused-ring (bicyclic) bond motifs is 6. The summed E-state index contributed by atoms with van der Waals surface area (Å²) in [7, 11) is 0. The van der Waals surface area contributed by atoms with Gasteiger partial charge in [0.15, 0.2) is 20.5 Å². The van der Waals surface area contributed by atoms with Gasteiger partial charge in [-0.05, 0) is 139 Å². The molecule has 19 heteroatoms. The van der Waals surface area contributed by atoms with Crippen LogP contribution in [-0.2, 0) is 69.1 Å². The van der Waals surface area contributed by atoms with E-state index in [0.717, 1.165) is 95.2 Å². The van der Waals surface area contributed by atoms with Crippen LogP contribution in [0.25, 0.3) is 55.3 Å². The molecule has 0 saturated carbocycles. The number of carbonyl (C=O) groups is 5. The average Bonchev–Trinajstić information content (AvgIpc) is 1.43. The van der Waals surface area contributed by atoms with Crippen LogP contribution in [0.5, 0.6) is 0 Å². The van der Waals surface area contributed by atoms with Crippen LogP contribution in [0.3, 0.4) is 0 Å². The third-order valence-electron chi connectivity index (χ3n) is 15.6. The summed E-state index contributed by atoms with van der Waals surface area (Å²) >= 11 is 6.35. The van der Waals surface area contributed by atoms with Crippen molar-refractivity contribution in [3.63, 3.8) is 0 Å². The molecular weight excluding hydrogens is 1370 g/mol. The van der Waals surface area contributed by atoms with Gasteiger partial charge in [-0.15, -0.1) is 11.3 Å². The summed E-state index contributed by atoms with van der Waals surface area (Å²) < 4.78 is 25.2. The Morgan fingerprint density at radius 1 is 0.544 bits per heavy atom. The number of esters is 3. The zero-order valence-electron chi connectivity index (χ0n) is 57.8. The Kier molecular flexibility index (Phi) is 29.0. The number of hydrogen-bond donors (Lipinski definition) is 0. The zero-order chi connectivity index (χ0) is 73.0. The standard InChI is InChI=1S/C19H17NO3.C17H19NO3.C16H17NO3S.C16H13NOS.C16H13NS2/c1-13(2)19(22)23-12-11-20-16-9-5-3-7-14(16)18(21)15-8-4-6-10-17(15)20;1-12(2)17(20)21-9-5-7-15(19)11-14-10-13-6-3-4-8-16(13)18-14;1-11(2)16(19)20-9-5-8-15(18)21-14-10-12-6-3-4-7-13(12)17-14;1-2-12-7-9-13(10-8-12)11-19-16-17-14-5-3-4-6-15(14)18-16;1-2-12-7-9-13(10-8-12)11-18-16-17-14-5-3-4-6-15(14)19-16/h3-10H,1,11-12H2,2H3;3-4,6,8H,1,5,7,9-11H2,2H3;3-4,6-7H,1,5,8-10H2,2H3;2*2-10H,1,11H2. The summed E-state index contributed by atoms with van der Waals surface area (Å²) in [5.41, 5.74) is 15.7. The van der Waals surface area contributed by atoms with Gasteiger partial charge in [-0.3, -0.25) is 19.4 Å². The molecule has 0 aliphatic carbocycles. The van der Waals surface area contributed by atoms with E-state index >= 15 is 0 Å². The molecule has 2 aliphatic rings. The Morgan fingerprint density at radius 3 is 1.59 bits per heavy atom. The highest BCUT2D eigenvalue weighted by molar-refractivity contribution is 8.26. The summed E-state index contributed by atoms with van der Waals surface area (Å²) in [6.07, 6.45) is 7.39. The van der Waals surface area contributed by atoms with E-state index in [-0.39, 0.29) is 36.1 Å². The maximum atomic E-state index is 12.6. The number of aliphatic imine (C=N–C) groups is 2. The summed E-state index contributed by atoms with van der Waals surface area (Å²) in [6, 6.07) is 63.7. The molecule has 13 rings (SSSR count). The summed E-state index contributed by atoms with van der Waals surface area (Å²) in [4.78, 5) is 88.2. The highest BCUT2D eigenvalue weighted by Crippen LogP contribution is 2.34. The van der Waals surface area contributed by atoms with Crippen LogP contribution >= 0.6 is 46.6 Å². The molecule has 0 bridgehead atoms. The van der Waals surface area contributed by atoms with Gasteiger partial charge >= 0.3 is 17.9 Å². The van der Waals surface area contributed by atoms with Gasteiger partial charge in [-0.1, -0.05) is 202 Å². The Hall–Kier alpha value is -10.6. The van der Waals surface area contributed by atoms with Gasteiger partial charge in [0.05, 0.1) is 57.4 Å². The van der Waals surface area contributed by atoms with Crippen LogP contribution in [0.2, 0.25) is 0 Å². The van der Waals surface area contributed by atoms with Gasteiger partial charge in [-0.25, -0.2) is 29.3 Å². The highest BCUT2D eigenvalue weighted by atomic mass is 32.2. The number of aromatic nitrogens is 3. The molecule has 0 amide bonds. The van der Waals surface area contributed by atoms with Crippen molar-refractivity contribution in [3.05, 3.63) is 287 Å². The van der Waals surface area contributed by atoms with Crippen LogP contribution < -0.4 is 5.43 Å². The summed E-state index contributed by atoms with van der Waals surface area (Å²) in [5.74, 6) is 0.720. The maximum Gasteiger partial charge on any atom is 0.333 e. The van der Waals surface area contributed by atoms with E-state index < -0.39 is 17.9 Å². The molecule has 15 nitrogen and oxygen atoms in total. The number of oxazole rings is 1. The minimum absolute atomic E-state index is 0.0198. The number of para-hydroxylation sites is 7. The Balaban J connectivity index is 0.000000150. The van der Waals surface area contributed by atoms with Crippen LogP contribution in [0.1, 0.15) is 86.3 Å². The van der Waals surface area contributed by atoms with E-state index in [1.165, 1.54) is 33.2 Å². The minimum Gasteiger partial charge on any atom is -0.462 e. The first-order valence-electron chi connectivity index (χ1n) is 33.3. The number of hydrogen-bond acceptors (Lipinski definition) is 18. The second-order valence-electron chi connectivity index (χ2n) is 23.8. The van der Waals surface area contributed by atoms with Crippen molar-refractivity contribution in [2.75, 3.05) is 19.8 Å². The predicted molar refractivity (Wildman–Crippen MR) is 424 cm³/mol. The van der Waals surface area contributed by atoms with Crippen LogP contribution in [0.4, 0.5) is 11.4 Å². The second kappa shape index (κ2) is 39.0. The first-order chi connectivity index (χ1) is 49.9. The van der Waals surface area contributed by atoms with E-state index in [4.69, 9.17) is 18.6 Å². The lowest BCUT2D eigenvalue weighted by atomic mass is 10.0. The maximum absolute atomic E-state index is 12.6. The van der Waals surface area contributed by atoms with Gasteiger partial charge in [0, 0.05) is 76.8 Å². The lowest BCUT2D eigenvalue weighted by molar-refractivity contribution is -0.140. The third-order valence-corrected chi connectivity index (χ3v) is 19.7. The molecule has 0 N–H and O–H groups in total. The number of ketones is 1. The van der Waals surface area contributed by atoms with Crippen molar-refractivity contribution in [2.45, 2.75) is 93.3 Å². The number of carbonyl (C=O) groups excluding carboxylic acids is 5. The number of Topliss-reactive ketones (excluding diaryl/α,β-unsaturated/α-hetero) is 1. The first-order valence-corrected chi connectivity index (χ1v) is 36.9. The summed E-state index contributed by atoms with van der Waals surface area (Å²) in [6.45, 7) is 24.1. The highest BCUT2D eigenvalue weighted by Gasteiger charge is 2.20. The van der Waals surface area contributed by atoms with E-state index in [1.807, 2.05) is 144 Å². The van der Waals surface area contributed by atoms with Crippen LogP contribution in [0.15, 0.2) is 272 Å². The van der Waals surface area contributed by atoms with Crippen molar-refractivity contribution < 1.29 is 42.6 Å². The number of thiazole rings is 1. The van der Waals surface area contributed by atoms with Crippen LogP contribution in [-0.4, -0.2) is 73.9 Å². The van der Waals surface area contributed by atoms with Crippen molar-refractivity contribution >= 4 is 153 Å². The monoisotopic (exact) mass is 1450 g/mol. The van der Waals surface area contributed by atoms with Gasteiger partial charge < -0.3 is 23.2 Å². The SMILES string of the molecule is C=C(C)C(=O)OCCCC(=O)CC1=Nc2ccccc2C1.C=C(C)C(=O)OCCCC(=O)SC1=Nc2ccccc2C1.C=C(C)C(=O)OCCn1c2ccccc2c(=O)c2ccccc21.C=Cc1ccc(CSc2nc3ccccc3o2)cc1.C=Cc1ccc(CSc2nc3ccccc3s2)cc1. The smallest absolute Gasteiger partial charge is 0.333 e. The number of benzene rings is 8.